The number of benzene rings is 2. The van der Waals surface area contributed by atoms with Crippen LogP contribution in [0.25, 0.3) is 16.3 Å². The molecule has 0 radical (unpaired) electrons. The lowest BCUT2D eigenvalue weighted by atomic mass is 10.1. The van der Waals surface area contributed by atoms with E-state index in [4.69, 9.17) is 16.6 Å². The van der Waals surface area contributed by atoms with E-state index in [-0.39, 0.29) is 5.91 Å². The molecular weight excluding hydrogens is 402 g/mol. The van der Waals surface area contributed by atoms with E-state index >= 15 is 0 Å². The Labute approximate surface area is 181 Å². The summed E-state index contributed by atoms with van der Waals surface area (Å²) >= 11 is 7.78. The van der Waals surface area contributed by atoms with Gasteiger partial charge in [0.05, 0.1) is 10.2 Å². The zero-order valence-electron chi connectivity index (χ0n) is 17.3. The van der Waals surface area contributed by atoms with Crippen molar-refractivity contribution in [2.24, 2.45) is 0 Å². The topological polar surface area (TPSA) is 36.4 Å². The summed E-state index contributed by atoms with van der Waals surface area (Å²) in [6.45, 7) is 5.66. The van der Waals surface area contributed by atoms with E-state index in [2.05, 4.69) is 30.9 Å². The molecule has 29 heavy (non-hydrogen) atoms. The number of rotatable bonds is 7. The molecular formula is C23H26ClN3OS. The fourth-order valence-electron chi connectivity index (χ4n) is 3.18. The summed E-state index contributed by atoms with van der Waals surface area (Å²) in [5.74, 6) is -0.0860. The number of hydrogen-bond donors (Lipinski definition) is 0. The average Bonchev–Trinajstić information content (AvgIpc) is 3.08. The van der Waals surface area contributed by atoms with E-state index in [1.165, 1.54) is 5.56 Å². The molecule has 0 bridgehead atoms. The third kappa shape index (κ3) is 5.44. The number of aromatic nitrogens is 1. The van der Waals surface area contributed by atoms with Crippen LogP contribution in [0, 0.1) is 13.8 Å². The first kappa shape index (κ1) is 21.5. The number of nitrogens with zero attached hydrogens (tertiary/aromatic N) is 3. The highest BCUT2D eigenvalue weighted by atomic mass is 35.5. The van der Waals surface area contributed by atoms with Crippen molar-refractivity contribution >= 4 is 50.3 Å². The van der Waals surface area contributed by atoms with Crippen LogP contribution in [-0.4, -0.2) is 43.0 Å². The van der Waals surface area contributed by atoms with Crippen molar-refractivity contribution < 1.29 is 4.79 Å². The second kappa shape index (κ2) is 9.53. The number of anilines is 1. The number of aryl methyl sites for hydroxylation is 2. The third-order valence-corrected chi connectivity index (χ3v) is 5.98. The molecule has 0 aliphatic carbocycles. The molecule has 0 saturated heterocycles. The van der Waals surface area contributed by atoms with Crippen molar-refractivity contribution in [3.63, 3.8) is 0 Å². The van der Waals surface area contributed by atoms with Gasteiger partial charge < -0.3 is 4.90 Å². The minimum Gasteiger partial charge on any atom is -0.309 e. The van der Waals surface area contributed by atoms with Crippen LogP contribution in [-0.2, 0) is 4.79 Å². The Morgan fingerprint density at radius 3 is 2.66 bits per heavy atom. The number of carbonyl (C=O) groups is 1. The maximum atomic E-state index is 13.1. The van der Waals surface area contributed by atoms with Gasteiger partial charge >= 0.3 is 0 Å². The van der Waals surface area contributed by atoms with Crippen LogP contribution in [0.15, 0.2) is 42.5 Å². The fraction of sp³-hybridized carbons (Fsp3) is 0.304. The lowest BCUT2D eigenvalue weighted by Crippen LogP contribution is -2.32. The van der Waals surface area contributed by atoms with Gasteiger partial charge in [-0.3, -0.25) is 9.69 Å². The molecule has 1 amide bonds. The van der Waals surface area contributed by atoms with Crippen molar-refractivity contribution in [3.8, 4) is 0 Å². The lowest BCUT2D eigenvalue weighted by molar-refractivity contribution is -0.114. The van der Waals surface area contributed by atoms with Crippen LogP contribution in [0.3, 0.4) is 0 Å². The highest BCUT2D eigenvalue weighted by Gasteiger charge is 2.18. The summed E-state index contributed by atoms with van der Waals surface area (Å²) in [6.07, 6.45) is 4.22. The zero-order chi connectivity index (χ0) is 21.0. The molecule has 0 aliphatic heterocycles. The number of fused-ring (bicyclic) bond motifs is 1. The van der Waals surface area contributed by atoms with Crippen molar-refractivity contribution in [2.75, 3.05) is 32.1 Å². The van der Waals surface area contributed by atoms with Crippen LogP contribution in [0.4, 0.5) is 5.13 Å². The highest BCUT2D eigenvalue weighted by Crippen LogP contribution is 2.32. The fourth-order valence-corrected chi connectivity index (χ4v) is 4.55. The SMILES string of the molecule is Cc1cc(C)c2nc(N(CCCN(C)C)C(=O)C=Cc3ccccc3Cl)sc2c1. The lowest BCUT2D eigenvalue weighted by Gasteiger charge is -2.19. The van der Waals surface area contributed by atoms with E-state index in [9.17, 15) is 4.79 Å². The molecule has 1 heterocycles. The minimum atomic E-state index is -0.0860. The van der Waals surface area contributed by atoms with Gasteiger partial charge in [0.25, 0.3) is 5.91 Å². The first-order chi connectivity index (χ1) is 13.8. The van der Waals surface area contributed by atoms with E-state index in [0.29, 0.717) is 11.6 Å². The summed E-state index contributed by atoms with van der Waals surface area (Å²) in [5, 5.41) is 1.36. The van der Waals surface area contributed by atoms with Crippen LogP contribution < -0.4 is 4.90 Å². The number of hydrogen-bond acceptors (Lipinski definition) is 4. The van der Waals surface area contributed by atoms with Gasteiger partial charge in [0.2, 0.25) is 0 Å². The predicted octanol–water partition coefficient (Wildman–Crippen LogP) is 5.56. The smallest absolute Gasteiger partial charge is 0.252 e. The van der Waals surface area contributed by atoms with Crippen LogP contribution in [0.1, 0.15) is 23.1 Å². The van der Waals surface area contributed by atoms with Crippen LogP contribution in [0.2, 0.25) is 5.02 Å². The Morgan fingerprint density at radius 1 is 1.17 bits per heavy atom. The largest absolute Gasteiger partial charge is 0.309 e. The Balaban J connectivity index is 1.90. The second-order valence-corrected chi connectivity index (χ2v) is 8.84. The molecule has 6 heteroatoms. The summed E-state index contributed by atoms with van der Waals surface area (Å²) < 4.78 is 1.11. The quantitative estimate of drug-likeness (QED) is 0.463. The monoisotopic (exact) mass is 427 g/mol. The standard InChI is InChI=1S/C23H26ClN3OS/c1-16-14-17(2)22-20(15-16)29-23(25-22)27(13-7-12-26(3)4)21(28)11-10-18-8-5-6-9-19(18)24/h5-6,8-11,14-15H,7,12-13H2,1-4H3. The molecule has 0 spiro atoms. The van der Waals surface area contributed by atoms with Gasteiger partial charge in [0.1, 0.15) is 0 Å². The summed E-state index contributed by atoms with van der Waals surface area (Å²) in [6, 6.07) is 11.8. The van der Waals surface area contributed by atoms with Crippen LogP contribution in [0.5, 0.6) is 0 Å². The first-order valence-corrected chi connectivity index (χ1v) is 10.8. The van der Waals surface area contributed by atoms with E-state index < -0.39 is 0 Å². The maximum Gasteiger partial charge on any atom is 0.252 e. The number of halogens is 1. The molecule has 0 N–H and O–H groups in total. The number of carbonyl (C=O) groups excluding carboxylic acids is 1. The molecule has 152 valence electrons. The van der Waals surface area contributed by atoms with E-state index in [1.807, 2.05) is 38.4 Å². The van der Waals surface area contributed by atoms with Crippen molar-refractivity contribution in [2.45, 2.75) is 20.3 Å². The Hall–Kier alpha value is -2.21. The number of amides is 1. The Kier molecular flexibility index (Phi) is 7.06. The van der Waals surface area contributed by atoms with Crippen molar-refractivity contribution in [1.82, 2.24) is 9.88 Å². The average molecular weight is 428 g/mol. The number of thiazole rings is 1. The molecule has 1 aromatic heterocycles. The Morgan fingerprint density at radius 2 is 1.93 bits per heavy atom. The molecule has 0 saturated carbocycles. The van der Waals surface area contributed by atoms with Gasteiger partial charge in [-0.05, 0) is 75.8 Å². The maximum absolute atomic E-state index is 13.1. The van der Waals surface area contributed by atoms with Gasteiger partial charge in [-0.15, -0.1) is 0 Å². The molecule has 0 aliphatic rings. The summed E-state index contributed by atoms with van der Waals surface area (Å²) in [5.41, 5.74) is 4.13. The summed E-state index contributed by atoms with van der Waals surface area (Å²) in [7, 11) is 4.07. The van der Waals surface area contributed by atoms with E-state index in [1.54, 1.807) is 28.4 Å². The molecule has 0 atom stereocenters. The van der Waals surface area contributed by atoms with Gasteiger partial charge in [0.15, 0.2) is 5.13 Å². The molecule has 0 unspecified atom stereocenters. The van der Waals surface area contributed by atoms with Gasteiger partial charge in [-0.1, -0.05) is 47.2 Å². The van der Waals surface area contributed by atoms with Gasteiger partial charge in [0, 0.05) is 17.6 Å². The van der Waals surface area contributed by atoms with Crippen molar-refractivity contribution in [3.05, 3.63) is 64.2 Å². The molecule has 0 fully saturated rings. The molecule has 3 rings (SSSR count). The van der Waals surface area contributed by atoms with Crippen molar-refractivity contribution in [1.29, 1.82) is 0 Å². The van der Waals surface area contributed by atoms with Crippen LogP contribution >= 0.6 is 22.9 Å². The second-order valence-electron chi connectivity index (χ2n) is 7.43. The normalized spacial score (nSPS) is 11.7. The predicted molar refractivity (Wildman–Crippen MR) is 125 cm³/mol. The minimum absolute atomic E-state index is 0.0860. The molecule has 2 aromatic carbocycles. The van der Waals surface area contributed by atoms with Gasteiger partial charge in [-0.2, -0.15) is 0 Å². The summed E-state index contributed by atoms with van der Waals surface area (Å²) in [4.78, 5) is 21.8. The zero-order valence-corrected chi connectivity index (χ0v) is 18.8. The molecule has 3 aromatic rings. The highest BCUT2D eigenvalue weighted by molar-refractivity contribution is 7.22. The first-order valence-electron chi connectivity index (χ1n) is 9.62. The van der Waals surface area contributed by atoms with E-state index in [0.717, 1.165) is 39.4 Å². The Bertz CT molecular complexity index is 1040. The third-order valence-electron chi connectivity index (χ3n) is 4.61. The van der Waals surface area contributed by atoms with Gasteiger partial charge in [-0.25, -0.2) is 4.98 Å². The molecule has 4 nitrogen and oxygen atoms in total.